The van der Waals surface area contributed by atoms with Crippen LogP contribution < -0.4 is 5.73 Å². The first-order chi connectivity index (χ1) is 4.70. The minimum absolute atomic E-state index is 0.139. The second-order valence-corrected chi connectivity index (χ2v) is 3.52. The Morgan fingerprint density at radius 3 is 2.50 bits per heavy atom. The van der Waals surface area contributed by atoms with Gasteiger partial charge in [0.15, 0.2) is 0 Å². The van der Waals surface area contributed by atoms with Gasteiger partial charge in [0.1, 0.15) is 0 Å². The molecule has 0 radical (unpaired) electrons. The maximum atomic E-state index is 8.94. The van der Waals surface area contributed by atoms with Gasteiger partial charge in [0.25, 0.3) is 0 Å². The van der Waals surface area contributed by atoms with E-state index in [1.54, 1.807) is 0 Å². The molecule has 1 unspecified atom stereocenters. The summed E-state index contributed by atoms with van der Waals surface area (Å²) in [5, 5.41) is 8.94. The fourth-order valence-electron chi connectivity index (χ4n) is 1.22. The van der Waals surface area contributed by atoms with Crippen LogP contribution in [0.3, 0.4) is 0 Å². The van der Waals surface area contributed by atoms with E-state index in [9.17, 15) is 0 Å². The van der Waals surface area contributed by atoms with Gasteiger partial charge in [-0.25, -0.2) is 0 Å². The summed E-state index contributed by atoms with van der Waals surface area (Å²) in [4.78, 5) is 0. The van der Waals surface area contributed by atoms with Crippen LogP contribution in [0.15, 0.2) is 0 Å². The molecular formula is C8H17NO. The average molecular weight is 143 g/mol. The van der Waals surface area contributed by atoms with E-state index in [1.807, 2.05) is 6.92 Å². The number of hydrogen-bond acceptors (Lipinski definition) is 2. The number of nitrogens with two attached hydrogens (primary N) is 1. The van der Waals surface area contributed by atoms with E-state index in [4.69, 9.17) is 10.8 Å². The second-order valence-electron chi connectivity index (χ2n) is 3.52. The van der Waals surface area contributed by atoms with E-state index in [1.165, 1.54) is 12.8 Å². The van der Waals surface area contributed by atoms with Crippen molar-refractivity contribution in [2.24, 2.45) is 11.7 Å². The topological polar surface area (TPSA) is 46.2 Å². The van der Waals surface area contributed by atoms with E-state index < -0.39 is 0 Å². The molecule has 10 heavy (non-hydrogen) atoms. The van der Waals surface area contributed by atoms with Gasteiger partial charge in [0, 0.05) is 5.54 Å². The Labute approximate surface area is 62.4 Å². The molecule has 0 aromatic rings. The maximum Gasteiger partial charge on any atom is 0.0611 e. The van der Waals surface area contributed by atoms with Crippen LogP contribution in [0.2, 0.25) is 0 Å². The summed E-state index contributed by atoms with van der Waals surface area (Å²) in [6.07, 6.45) is 4.54. The highest BCUT2D eigenvalue weighted by atomic mass is 16.3. The SMILES string of the molecule is CCC(N)(CO)CC1CC1. The van der Waals surface area contributed by atoms with Crippen molar-refractivity contribution in [2.45, 2.75) is 38.1 Å². The Morgan fingerprint density at radius 1 is 1.60 bits per heavy atom. The summed E-state index contributed by atoms with van der Waals surface area (Å²) in [6, 6.07) is 0. The van der Waals surface area contributed by atoms with Gasteiger partial charge >= 0.3 is 0 Å². The largest absolute Gasteiger partial charge is 0.394 e. The lowest BCUT2D eigenvalue weighted by atomic mass is 9.92. The summed E-state index contributed by atoms with van der Waals surface area (Å²) >= 11 is 0. The number of aliphatic hydroxyl groups excluding tert-OH is 1. The fourth-order valence-corrected chi connectivity index (χ4v) is 1.22. The summed E-state index contributed by atoms with van der Waals surface area (Å²) in [5.41, 5.74) is 5.61. The molecule has 0 aromatic carbocycles. The molecule has 1 fully saturated rings. The van der Waals surface area contributed by atoms with Crippen molar-refractivity contribution in [1.29, 1.82) is 0 Å². The van der Waals surface area contributed by atoms with Gasteiger partial charge in [-0.1, -0.05) is 19.8 Å². The van der Waals surface area contributed by atoms with Crippen molar-refractivity contribution in [3.63, 3.8) is 0 Å². The average Bonchev–Trinajstić information content (AvgIpc) is 2.72. The fraction of sp³-hybridized carbons (Fsp3) is 1.00. The van der Waals surface area contributed by atoms with Gasteiger partial charge in [-0.2, -0.15) is 0 Å². The molecule has 0 heterocycles. The number of aliphatic hydroxyl groups is 1. The summed E-state index contributed by atoms with van der Waals surface area (Å²) in [5.74, 6) is 0.817. The third-order valence-corrected chi connectivity index (χ3v) is 2.41. The molecule has 1 aliphatic rings. The molecule has 60 valence electrons. The zero-order chi connectivity index (χ0) is 7.61. The quantitative estimate of drug-likeness (QED) is 0.614. The molecule has 0 spiro atoms. The predicted molar refractivity (Wildman–Crippen MR) is 41.6 cm³/mol. The molecule has 1 atom stereocenters. The minimum Gasteiger partial charge on any atom is -0.394 e. The Morgan fingerprint density at radius 2 is 2.20 bits per heavy atom. The summed E-state index contributed by atoms with van der Waals surface area (Å²) < 4.78 is 0. The highest BCUT2D eigenvalue weighted by Crippen LogP contribution is 2.36. The van der Waals surface area contributed by atoms with Crippen LogP contribution in [-0.2, 0) is 0 Å². The molecular weight excluding hydrogens is 126 g/mol. The molecule has 0 aliphatic heterocycles. The maximum absolute atomic E-state index is 8.94. The molecule has 1 aliphatic carbocycles. The predicted octanol–water partition coefficient (Wildman–Crippen LogP) is 0.886. The zero-order valence-electron chi connectivity index (χ0n) is 6.64. The third-order valence-electron chi connectivity index (χ3n) is 2.41. The van der Waals surface area contributed by atoms with Crippen molar-refractivity contribution < 1.29 is 5.11 Å². The zero-order valence-corrected chi connectivity index (χ0v) is 6.64. The van der Waals surface area contributed by atoms with E-state index in [0.29, 0.717) is 0 Å². The Bertz CT molecular complexity index is 106. The third kappa shape index (κ3) is 1.96. The molecule has 0 saturated heterocycles. The van der Waals surface area contributed by atoms with Crippen LogP contribution >= 0.6 is 0 Å². The number of rotatable bonds is 4. The molecule has 1 saturated carbocycles. The summed E-state index contributed by atoms with van der Waals surface area (Å²) in [6.45, 7) is 2.18. The Balaban J connectivity index is 2.29. The first kappa shape index (κ1) is 8.02. The summed E-state index contributed by atoms with van der Waals surface area (Å²) in [7, 11) is 0. The molecule has 0 aromatic heterocycles. The van der Waals surface area contributed by atoms with Crippen LogP contribution in [0.5, 0.6) is 0 Å². The molecule has 3 N–H and O–H groups in total. The van der Waals surface area contributed by atoms with Crippen LogP contribution in [-0.4, -0.2) is 17.3 Å². The van der Waals surface area contributed by atoms with E-state index in [2.05, 4.69) is 0 Å². The molecule has 2 nitrogen and oxygen atoms in total. The van der Waals surface area contributed by atoms with Gasteiger partial charge in [-0.05, 0) is 18.8 Å². The van der Waals surface area contributed by atoms with E-state index in [0.717, 1.165) is 18.8 Å². The van der Waals surface area contributed by atoms with Gasteiger partial charge in [0.2, 0.25) is 0 Å². The van der Waals surface area contributed by atoms with Crippen LogP contribution in [0.1, 0.15) is 32.6 Å². The van der Waals surface area contributed by atoms with Crippen LogP contribution in [0, 0.1) is 5.92 Å². The van der Waals surface area contributed by atoms with E-state index in [-0.39, 0.29) is 12.1 Å². The standard InChI is InChI=1S/C8H17NO/c1-2-8(9,6-10)5-7-3-4-7/h7,10H,2-6,9H2,1H3. The smallest absolute Gasteiger partial charge is 0.0611 e. The highest BCUT2D eigenvalue weighted by molar-refractivity contribution is 4.89. The lowest BCUT2D eigenvalue weighted by Gasteiger charge is -2.25. The number of hydrogen-bond donors (Lipinski definition) is 2. The first-order valence-electron chi connectivity index (χ1n) is 4.10. The minimum atomic E-state index is -0.277. The first-order valence-corrected chi connectivity index (χ1v) is 4.10. The highest BCUT2D eigenvalue weighted by Gasteiger charge is 2.31. The van der Waals surface area contributed by atoms with Gasteiger partial charge in [-0.3, -0.25) is 0 Å². The van der Waals surface area contributed by atoms with Gasteiger partial charge in [0.05, 0.1) is 6.61 Å². The molecule has 0 bridgehead atoms. The molecule has 0 amide bonds. The van der Waals surface area contributed by atoms with Gasteiger partial charge < -0.3 is 10.8 Å². The van der Waals surface area contributed by atoms with Crippen molar-refractivity contribution in [2.75, 3.05) is 6.61 Å². The van der Waals surface area contributed by atoms with Crippen molar-refractivity contribution in [1.82, 2.24) is 0 Å². The van der Waals surface area contributed by atoms with Crippen molar-refractivity contribution in [3.8, 4) is 0 Å². The molecule has 2 heteroatoms. The second kappa shape index (κ2) is 2.89. The van der Waals surface area contributed by atoms with Gasteiger partial charge in [-0.15, -0.1) is 0 Å². The Hall–Kier alpha value is -0.0800. The Kier molecular flexibility index (Phi) is 2.32. The molecule has 1 rings (SSSR count). The van der Waals surface area contributed by atoms with E-state index >= 15 is 0 Å². The van der Waals surface area contributed by atoms with Crippen molar-refractivity contribution >= 4 is 0 Å². The lowest BCUT2D eigenvalue weighted by molar-refractivity contribution is 0.177. The van der Waals surface area contributed by atoms with Crippen molar-refractivity contribution in [3.05, 3.63) is 0 Å². The monoisotopic (exact) mass is 143 g/mol. The van der Waals surface area contributed by atoms with Crippen LogP contribution in [0.25, 0.3) is 0 Å². The normalized spacial score (nSPS) is 24.3. The lowest BCUT2D eigenvalue weighted by Crippen LogP contribution is -2.43. The van der Waals surface area contributed by atoms with Crippen LogP contribution in [0.4, 0.5) is 0 Å².